The Morgan fingerprint density at radius 2 is 0.400 bits per heavy atom. The number of halogens is 4. The third kappa shape index (κ3) is 23.4. The summed E-state index contributed by atoms with van der Waals surface area (Å²) in [6.45, 7) is 0. The second-order valence-electron chi connectivity index (χ2n) is 0. The Balaban J connectivity index is 0. The molecule has 0 atom stereocenters. The van der Waals surface area contributed by atoms with Gasteiger partial charge in [0.25, 0.3) is 0 Å². The van der Waals surface area contributed by atoms with Gasteiger partial charge in [-0.2, -0.15) is 0 Å². The van der Waals surface area contributed by atoms with E-state index in [2.05, 4.69) is 0 Å². The van der Waals surface area contributed by atoms with Crippen LogP contribution in [0.2, 0.25) is 0 Å². The van der Waals surface area contributed by atoms with Crippen LogP contribution in [-0.4, -0.2) is 0 Å². The maximum absolute atomic E-state index is 0. The fourth-order valence-corrected chi connectivity index (χ4v) is 0. The Kier molecular flexibility index (Phi) is 438. The minimum Gasteiger partial charge on any atom is -1.00 e. The Bertz CT molecular complexity index is 3.61. The van der Waals surface area contributed by atoms with Crippen LogP contribution in [0.15, 0.2) is 0 Å². The van der Waals surface area contributed by atoms with E-state index in [0.717, 1.165) is 0 Å². The quantitative estimate of drug-likeness (QED) is 0.377. The molecule has 0 rings (SSSR count). The van der Waals surface area contributed by atoms with Crippen molar-refractivity contribution in [2.75, 3.05) is 0 Å². The summed E-state index contributed by atoms with van der Waals surface area (Å²) >= 11 is 0. The molecular weight excluding hydrogens is 254 g/mol. The first-order valence-electron chi connectivity index (χ1n) is 0. The molecule has 0 heterocycles. The molecule has 0 aromatic heterocycles. The van der Waals surface area contributed by atoms with Gasteiger partial charge in [0.05, 0.1) is 0 Å². The average molecular weight is 254 g/mol. The summed E-state index contributed by atoms with van der Waals surface area (Å²) in [6, 6.07) is 0. The topological polar surface area (TPSA) is 0 Å². The number of rotatable bonds is 0. The molecule has 0 unspecified atom stereocenters. The van der Waals surface area contributed by atoms with Crippen LogP contribution >= 0.6 is 0 Å². The van der Waals surface area contributed by atoms with E-state index in [1.807, 2.05) is 0 Å². The van der Waals surface area contributed by atoms with Crippen LogP contribution < -0.4 is 49.6 Å². The Hall–Kier alpha value is 2.08. The van der Waals surface area contributed by atoms with Crippen LogP contribution in [-0.2, 0) is 27.3 Å². The smallest absolute Gasteiger partial charge is 1.00 e. The molecule has 32 valence electrons. The number of hydrogen-bond donors (Lipinski definition) is 0. The molecule has 0 radical (unpaired) electrons. The molecule has 0 aromatic rings. The van der Waals surface area contributed by atoms with Crippen LogP contribution in [0, 0.1) is 0 Å². The van der Waals surface area contributed by atoms with Crippen molar-refractivity contribution in [3.63, 3.8) is 0 Å². The molecule has 0 aromatic carbocycles. The van der Waals surface area contributed by atoms with Gasteiger partial charge < -0.3 is 49.6 Å². The van der Waals surface area contributed by atoms with Gasteiger partial charge >= 0.3 is 27.3 Å². The van der Waals surface area contributed by atoms with Gasteiger partial charge in [0, 0.05) is 0 Å². The molecule has 5 heavy (non-hydrogen) atoms. The van der Waals surface area contributed by atoms with E-state index in [4.69, 9.17) is 0 Å². The zero-order valence-electron chi connectivity index (χ0n) is 2.22. The molecule has 0 bridgehead atoms. The second kappa shape index (κ2) is 36.2. The van der Waals surface area contributed by atoms with E-state index in [9.17, 15) is 0 Å². The standard InChI is InChI=1S/Cd.4ClH/h;4*1H/q+2;;;;/p-4. The van der Waals surface area contributed by atoms with Crippen LogP contribution in [0.3, 0.4) is 0 Å². The van der Waals surface area contributed by atoms with Crippen LogP contribution in [0.25, 0.3) is 0 Å². The molecular formula is CdCl4-2. The molecule has 0 aliphatic heterocycles. The van der Waals surface area contributed by atoms with Crippen LogP contribution in [0.4, 0.5) is 0 Å². The molecule has 0 aliphatic rings. The third-order valence-corrected chi connectivity index (χ3v) is 0. The van der Waals surface area contributed by atoms with Gasteiger partial charge in [0.1, 0.15) is 0 Å². The molecule has 0 spiro atoms. The molecule has 0 saturated carbocycles. The van der Waals surface area contributed by atoms with Crippen molar-refractivity contribution in [2.24, 2.45) is 0 Å². The maximum atomic E-state index is 0. The van der Waals surface area contributed by atoms with E-state index < -0.39 is 0 Å². The van der Waals surface area contributed by atoms with E-state index in [1.165, 1.54) is 0 Å². The first-order chi connectivity index (χ1) is 0. The van der Waals surface area contributed by atoms with E-state index in [0.29, 0.717) is 0 Å². The Morgan fingerprint density at radius 3 is 0.400 bits per heavy atom. The summed E-state index contributed by atoms with van der Waals surface area (Å²) in [5, 5.41) is 0. The predicted molar refractivity (Wildman–Crippen MR) is 0 cm³/mol. The van der Waals surface area contributed by atoms with E-state index >= 15 is 0 Å². The minimum absolute atomic E-state index is 0. The van der Waals surface area contributed by atoms with Gasteiger partial charge in [-0.15, -0.1) is 0 Å². The van der Waals surface area contributed by atoms with Gasteiger partial charge in [-0.1, -0.05) is 0 Å². The molecule has 0 amide bonds. The summed E-state index contributed by atoms with van der Waals surface area (Å²) in [6.07, 6.45) is 0. The average Bonchev–Trinajstić information content (AvgIpc) is 0. The monoisotopic (exact) mass is 254 g/mol. The van der Waals surface area contributed by atoms with Crippen molar-refractivity contribution >= 4 is 0 Å². The largest absolute Gasteiger partial charge is 2.00 e. The van der Waals surface area contributed by atoms with Gasteiger partial charge in [-0.05, 0) is 0 Å². The molecule has 5 heteroatoms. The minimum atomic E-state index is 0. The van der Waals surface area contributed by atoms with E-state index in [-0.39, 0.29) is 76.9 Å². The zero-order valence-corrected chi connectivity index (χ0v) is 9.28. The van der Waals surface area contributed by atoms with Crippen LogP contribution in [0.5, 0.6) is 0 Å². The summed E-state index contributed by atoms with van der Waals surface area (Å²) in [7, 11) is 0. The molecule has 0 saturated heterocycles. The summed E-state index contributed by atoms with van der Waals surface area (Å²) in [5.74, 6) is 0. The normalized spacial score (nSPS) is 0. The van der Waals surface area contributed by atoms with Crippen molar-refractivity contribution in [3.05, 3.63) is 0 Å². The SMILES string of the molecule is [Cd+2].[Cl-].[Cl-].[Cl-].[Cl-]. The second-order valence-corrected chi connectivity index (χ2v) is 0. The fraction of sp³-hybridized carbons (Fsp3) is 0. The summed E-state index contributed by atoms with van der Waals surface area (Å²) in [5.41, 5.74) is 0. The predicted octanol–water partition coefficient (Wildman–Crippen LogP) is -12.0. The Labute approximate surface area is 76.3 Å². The summed E-state index contributed by atoms with van der Waals surface area (Å²) < 4.78 is 0. The maximum Gasteiger partial charge on any atom is 2.00 e. The first-order valence-corrected chi connectivity index (χ1v) is 0. The Morgan fingerprint density at radius 1 is 0.400 bits per heavy atom. The van der Waals surface area contributed by atoms with Crippen molar-refractivity contribution in [1.82, 2.24) is 0 Å². The summed E-state index contributed by atoms with van der Waals surface area (Å²) in [4.78, 5) is 0. The molecule has 0 nitrogen and oxygen atoms in total. The molecule has 0 aliphatic carbocycles. The van der Waals surface area contributed by atoms with E-state index in [1.54, 1.807) is 0 Å². The van der Waals surface area contributed by atoms with Gasteiger partial charge in [0.15, 0.2) is 0 Å². The van der Waals surface area contributed by atoms with Crippen molar-refractivity contribution < 1.29 is 76.9 Å². The van der Waals surface area contributed by atoms with Crippen molar-refractivity contribution in [3.8, 4) is 0 Å². The van der Waals surface area contributed by atoms with Gasteiger partial charge in [-0.25, -0.2) is 0 Å². The van der Waals surface area contributed by atoms with Crippen molar-refractivity contribution in [1.29, 1.82) is 0 Å². The molecule has 0 fully saturated rings. The fourth-order valence-electron chi connectivity index (χ4n) is 0. The van der Waals surface area contributed by atoms with Gasteiger partial charge in [0.2, 0.25) is 0 Å². The molecule has 0 N–H and O–H groups in total. The number of hydrogen-bond acceptors (Lipinski definition) is 0. The third-order valence-electron chi connectivity index (χ3n) is 0. The van der Waals surface area contributed by atoms with Crippen molar-refractivity contribution in [2.45, 2.75) is 0 Å². The van der Waals surface area contributed by atoms with Gasteiger partial charge in [-0.3, -0.25) is 0 Å². The van der Waals surface area contributed by atoms with Crippen LogP contribution in [0.1, 0.15) is 0 Å². The first kappa shape index (κ1) is 60.4. The zero-order chi connectivity index (χ0) is 0.